The summed E-state index contributed by atoms with van der Waals surface area (Å²) in [7, 11) is 1.67. The number of ether oxygens (including phenoxy) is 2. The number of rotatable bonds is 8. The summed E-state index contributed by atoms with van der Waals surface area (Å²) in [6, 6.07) is 15.9. The molecule has 0 saturated carbocycles. The quantitative estimate of drug-likeness (QED) is 0.600. The standard InChI is InChI=1S/C19H21N3O2S/c1-3-12-24-17-10-6-15(7-11-17)18-20-19(22-21-18)25-13-14-4-8-16(23-2)9-5-14/h4-11H,3,12-13H2,1-2H3,(H,20,21,22). The van der Waals surface area contributed by atoms with Crippen LogP contribution in [-0.2, 0) is 5.75 Å². The van der Waals surface area contributed by atoms with E-state index in [0.29, 0.717) is 0 Å². The molecule has 0 unspecified atom stereocenters. The molecule has 0 atom stereocenters. The van der Waals surface area contributed by atoms with Gasteiger partial charge in [-0.05, 0) is 48.4 Å². The molecule has 2 aromatic carbocycles. The van der Waals surface area contributed by atoms with Gasteiger partial charge in [0.25, 0.3) is 0 Å². The van der Waals surface area contributed by atoms with Crippen molar-refractivity contribution in [3.8, 4) is 22.9 Å². The van der Waals surface area contributed by atoms with Crippen LogP contribution >= 0.6 is 11.8 Å². The Morgan fingerprint density at radius 3 is 2.40 bits per heavy atom. The van der Waals surface area contributed by atoms with E-state index in [1.54, 1.807) is 18.9 Å². The van der Waals surface area contributed by atoms with Gasteiger partial charge in [-0.1, -0.05) is 30.8 Å². The highest BCUT2D eigenvalue weighted by Crippen LogP contribution is 2.24. The maximum Gasteiger partial charge on any atom is 0.209 e. The molecule has 3 aromatic rings. The summed E-state index contributed by atoms with van der Waals surface area (Å²) in [4.78, 5) is 4.55. The fraction of sp³-hybridized carbons (Fsp3) is 0.263. The van der Waals surface area contributed by atoms with Gasteiger partial charge in [0.15, 0.2) is 5.82 Å². The molecule has 0 aliphatic rings. The SMILES string of the molecule is CCCOc1ccc(-c2nc(SCc3ccc(OC)cc3)n[nH]2)cc1. The van der Waals surface area contributed by atoms with Gasteiger partial charge in [0.1, 0.15) is 11.5 Å². The number of H-pyrrole nitrogens is 1. The minimum absolute atomic E-state index is 0.730. The molecule has 0 fully saturated rings. The predicted molar refractivity (Wildman–Crippen MR) is 100 cm³/mol. The smallest absolute Gasteiger partial charge is 0.209 e. The molecular formula is C19H21N3O2S. The molecule has 1 aromatic heterocycles. The molecule has 5 nitrogen and oxygen atoms in total. The zero-order valence-electron chi connectivity index (χ0n) is 14.4. The van der Waals surface area contributed by atoms with Gasteiger partial charge in [-0.2, -0.15) is 0 Å². The highest BCUT2D eigenvalue weighted by Gasteiger charge is 2.07. The molecule has 1 N–H and O–H groups in total. The molecule has 0 spiro atoms. The lowest BCUT2D eigenvalue weighted by Crippen LogP contribution is -1.94. The highest BCUT2D eigenvalue weighted by molar-refractivity contribution is 7.98. The Morgan fingerprint density at radius 2 is 1.72 bits per heavy atom. The fourth-order valence-corrected chi connectivity index (χ4v) is 2.99. The van der Waals surface area contributed by atoms with E-state index >= 15 is 0 Å². The number of hydrogen-bond donors (Lipinski definition) is 1. The number of methoxy groups -OCH3 is 1. The first-order valence-electron chi connectivity index (χ1n) is 8.20. The Kier molecular flexibility index (Phi) is 5.95. The van der Waals surface area contributed by atoms with Gasteiger partial charge in [0.05, 0.1) is 13.7 Å². The Morgan fingerprint density at radius 1 is 1.00 bits per heavy atom. The first kappa shape index (κ1) is 17.4. The van der Waals surface area contributed by atoms with Crippen LogP contribution in [0.5, 0.6) is 11.5 Å². The van der Waals surface area contributed by atoms with Crippen LogP contribution in [0.2, 0.25) is 0 Å². The second kappa shape index (κ2) is 8.58. The van der Waals surface area contributed by atoms with E-state index in [9.17, 15) is 0 Å². The van der Waals surface area contributed by atoms with Crippen LogP contribution in [0, 0.1) is 0 Å². The number of nitrogens with zero attached hydrogens (tertiary/aromatic N) is 2. The van der Waals surface area contributed by atoms with Crippen LogP contribution in [0.1, 0.15) is 18.9 Å². The summed E-state index contributed by atoms with van der Waals surface area (Å²) in [5, 5.41) is 8.01. The molecular weight excluding hydrogens is 334 g/mol. The van der Waals surface area contributed by atoms with Gasteiger partial charge < -0.3 is 9.47 Å². The van der Waals surface area contributed by atoms with Crippen LogP contribution < -0.4 is 9.47 Å². The van der Waals surface area contributed by atoms with Gasteiger partial charge in [-0.15, -0.1) is 5.10 Å². The monoisotopic (exact) mass is 355 g/mol. The third-order valence-electron chi connectivity index (χ3n) is 3.59. The summed E-state index contributed by atoms with van der Waals surface area (Å²) in [5.41, 5.74) is 2.20. The van der Waals surface area contributed by atoms with E-state index in [1.807, 2.05) is 36.4 Å². The summed E-state index contributed by atoms with van der Waals surface area (Å²) >= 11 is 1.60. The van der Waals surface area contributed by atoms with E-state index in [4.69, 9.17) is 9.47 Å². The van der Waals surface area contributed by atoms with Crippen molar-refractivity contribution in [3.63, 3.8) is 0 Å². The Balaban J connectivity index is 1.59. The van der Waals surface area contributed by atoms with Crippen molar-refractivity contribution in [2.24, 2.45) is 0 Å². The largest absolute Gasteiger partial charge is 0.497 e. The van der Waals surface area contributed by atoms with Crippen molar-refractivity contribution in [1.82, 2.24) is 15.2 Å². The van der Waals surface area contributed by atoms with Gasteiger partial charge in [-0.3, -0.25) is 5.10 Å². The third kappa shape index (κ3) is 4.76. The van der Waals surface area contributed by atoms with E-state index in [2.05, 4.69) is 34.2 Å². The molecule has 0 saturated heterocycles. The van der Waals surface area contributed by atoms with E-state index < -0.39 is 0 Å². The molecule has 0 aliphatic heterocycles. The van der Waals surface area contributed by atoms with Crippen molar-refractivity contribution in [2.45, 2.75) is 24.3 Å². The van der Waals surface area contributed by atoms with Gasteiger partial charge in [0, 0.05) is 11.3 Å². The number of benzene rings is 2. The lowest BCUT2D eigenvalue weighted by molar-refractivity contribution is 0.317. The van der Waals surface area contributed by atoms with Crippen molar-refractivity contribution < 1.29 is 9.47 Å². The van der Waals surface area contributed by atoms with Gasteiger partial charge in [0.2, 0.25) is 5.16 Å². The lowest BCUT2D eigenvalue weighted by atomic mass is 10.2. The molecule has 130 valence electrons. The summed E-state index contributed by atoms with van der Waals surface area (Å²) in [5.74, 6) is 3.31. The number of thioether (sulfide) groups is 1. The Labute approximate surface area is 151 Å². The zero-order valence-corrected chi connectivity index (χ0v) is 15.2. The predicted octanol–water partition coefficient (Wildman–Crippen LogP) is 4.56. The summed E-state index contributed by atoms with van der Waals surface area (Å²) in [6.07, 6.45) is 0.999. The van der Waals surface area contributed by atoms with E-state index in [1.165, 1.54) is 5.56 Å². The number of aromatic nitrogens is 3. The first-order chi connectivity index (χ1) is 12.3. The molecule has 1 heterocycles. The van der Waals surface area contributed by atoms with Gasteiger partial charge in [-0.25, -0.2) is 4.98 Å². The van der Waals surface area contributed by atoms with E-state index in [-0.39, 0.29) is 0 Å². The minimum Gasteiger partial charge on any atom is -0.497 e. The van der Waals surface area contributed by atoms with E-state index in [0.717, 1.165) is 46.8 Å². The van der Waals surface area contributed by atoms with Gasteiger partial charge >= 0.3 is 0 Å². The van der Waals surface area contributed by atoms with Crippen LogP contribution in [-0.4, -0.2) is 28.9 Å². The fourth-order valence-electron chi connectivity index (χ4n) is 2.24. The van der Waals surface area contributed by atoms with Crippen LogP contribution in [0.15, 0.2) is 53.7 Å². The first-order valence-corrected chi connectivity index (χ1v) is 9.18. The van der Waals surface area contributed by atoms with Crippen LogP contribution in [0.25, 0.3) is 11.4 Å². The third-order valence-corrected chi connectivity index (χ3v) is 4.51. The average molecular weight is 355 g/mol. The maximum absolute atomic E-state index is 5.60. The molecule has 3 rings (SSSR count). The summed E-state index contributed by atoms with van der Waals surface area (Å²) < 4.78 is 10.8. The molecule has 0 radical (unpaired) electrons. The maximum atomic E-state index is 5.60. The highest BCUT2D eigenvalue weighted by atomic mass is 32.2. The zero-order chi connectivity index (χ0) is 17.5. The molecule has 0 amide bonds. The number of hydrogen-bond acceptors (Lipinski definition) is 5. The molecule has 6 heteroatoms. The molecule has 0 aliphatic carbocycles. The second-order valence-electron chi connectivity index (χ2n) is 5.48. The van der Waals surface area contributed by atoms with Crippen molar-refractivity contribution in [3.05, 3.63) is 54.1 Å². The van der Waals surface area contributed by atoms with Crippen LogP contribution in [0.3, 0.4) is 0 Å². The normalized spacial score (nSPS) is 10.6. The Bertz CT molecular complexity index is 785. The van der Waals surface area contributed by atoms with Crippen LogP contribution in [0.4, 0.5) is 0 Å². The van der Waals surface area contributed by atoms with Crippen molar-refractivity contribution in [1.29, 1.82) is 0 Å². The Hall–Kier alpha value is -2.47. The number of aromatic amines is 1. The molecule has 0 bridgehead atoms. The van der Waals surface area contributed by atoms with Crippen molar-refractivity contribution in [2.75, 3.05) is 13.7 Å². The second-order valence-corrected chi connectivity index (χ2v) is 6.42. The van der Waals surface area contributed by atoms with Crippen molar-refractivity contribution >= 4 is 11.8 Å². The lowest BCUT2D eigenvalue weighted by Gasteiger charge is -2.04. The number of nitrogens with one attached hydrogen (secondary N) is 1. The minimum atomic E-state index is 0.730. The average Bonchev–Trinajstić information content (AvgIpc) is 3.14. The summed E-state index contributed by atoms with van der Waals surface area (Å²) in [6.45, 7) is 2.82. The topological polar surface area (TPSA) is 60.0 Å². The molecule has 25 heavy (non-hydrogen) atoms.